The lowest BCUT2D eigenvalue weighted by molar-refractivity contribution is 0.254. The number of aliphatic hydroxyl groups is 1. The Morgan fingerprint density at radius 3 is 2.95 bits per heavy atom. The molecule has 0 bridgehead atoms. The van der Waals surface area contributed by atoms with Crippen LogP contribution in [-0.2, 0) is 0 Å². The first kappa shape index (κ1) is 13.3. The van der Waals surface area contributed by atoms with E-state index in [-0.39, 0.29) is 12.6 Å². The van der Waals surface area contributed by atoms with Crippen molar-refractivity contribution in [2.24, 2.45) is 5.92 Å². The van der Waals surface area contributed by atoms with Crippen molar-refractivity contribution in [3.8, 4) is 0 Å². The average molecular weight is 276 g/mol. The van der Waals surface area contributed by atoms with Crippen molar-refractivity contribution < 1.29 is 9.63 Å². The monoisotopic (exact) mass is 276 g/mol. The van der Waals surface area contributed by atoms with Crippen LogP contribution < -0.4 is 5.32 Å². The van der Waals surface area contributed by atoms with Gasteiger partial charge in [0.2, 0.25) is 0 Å². The molecule has 1 unspecified atom stereocenters. The second-order valence-electron chi connectivity index (χ2n) is 5.58. The summed E-state index contributed by atoms with van der Waals surface area (Å²) in [5, 5.41) is 17.6. The average Bonchev–Trinajstić information content (AvgIpc) is 3.09. The summed E-state index contributed by atoms with van der Waals surface area (Å²) in [4.78, 5) is 8.33. The largest absolute Gasteiger partial charge is 0.394 e. The molecule has 0 spiro atoms. The molecule has 1 aliphatic rings. The molecule has 6 nitrogen and oxygen atoms in total. The van der Waals surface area contributed by atoms with E-state index in [1.54, 1.807) is 0 Å². The molecule has 2 N–H and O–H groups in total. The van der Waals surface area contributed by atoms with Gasteiger partial charge < -0.3 is 14.9 Å². The molecule has 1 aliphatic carbocycles. The Balaban J connectivity index is 1.78. The molecule has 6 heteroatoms. The molecule has 20 heavy (non-hydrogen) atoms. The lowest BCUT2D eigenvalue weighted by Gasteiger charge is -2.20. The number of hydrogen-bond donors (Lipinski definition) is 2. The third-order valence-electron chi connectivity index (χ3n) is 4.10. The molecule has 0 radical (unpaired) electrons. The number of rotatable bonds is 5. The molecule has 1 saturated carbocycles. The number of fused-ring (bicyclic) bond motifs is 1. The Morgan fingerprint density at radius 1 is 1.40 bits per heavy atom. The Labute approximate surface area is 117 Å². The van der Waals surface area contributed by atoms with Crippen LogP contribution in [0.1, 0.15) is 37.8 Å². The standard InChI is InChI=1S/C14H20N4O2/c1-9-12-13(15-8-16-14(12)20-18-9)17-11(7-19)6-10-4-2-3-5-10/h8,10-11,19H,2-7H2,1H3,(H,15,16,17). The number of anilines is 1. The Kier molecular flexibility index (Phi) is 3.82. The number of hydrogen-bond acceptors (Lipinski definition) is 6. The van der Waals surface area contributed by atoms with Gasteiger partial charge in [-0.2, -0.15) is 4.98 Å². The topological polar surface area (TPSA) is 84.1 Å². The molecular weight excluding hydrogens is 256 g/mol. The quantitative estimate of drug-likeness (QED) is 0.871. The molecule has 3 rings (SSSR count). The molecule has 1 fully saturated rings. The fourth-order valence-corrected chi connectivity index (χ4v) is 3.05. The first-order valence-corrected chi connectivity index (χ1v) is 7.22. The van der Waals surface area contributed by atoms with Crippen molar-refractivity contribution in [3.63, 3.8) is 0 Å². The smallest absolute Gasteiger partial charge is 0.263 e. The van der Waals surface area contributed by atoms with Crippen LogP contribution in [0.2, 0.25) is 0 Å². The highest BCUT2D eigenvalue weighted by atomic mass is 16.5. The van der Waals surface area contributed by atoms with Crippen molar-refractivity contribution in [3.05, 3.63) is 12.0 Å². The van der Waals surface area contributed by atoms with E-state index >= 15 is 0 Å². The van der Waals surface area contributed by atoms with Gasteiger partial charge in [-0.1, -0.05) is 30.8 Å². The molecular formula is C14H20N4O2. The first-order chi connectivity index (χ1) is 9.78. The Hall–Kier alpha value is -1.69. The van der Waals surface area contributed by atoms with Gasteiger partial charge in [-0.15, -0.1) is 0 Å². The van der Waals surface area contributed by atoms with Gasteiger partial charge in [0.25, 0.3) is 5.71 Å². The lowest BCUT2D eigenvalue weighted by atomic mass is 9.99. The molecule has 2 aromatic heterocycles. The van der Waals surface area contributed by atoms with Crippen molar-refractivity contribution >= 4 is 16.9 Å². The number of aliphatic hydroxyl groups excluding tert-OH is 1. The summed E-state index contributed by atoms with van der Waals surface area (Å²) in [7, 11) is 0. The van der Waals surface area contributed by atoms with Crippen LogP contribution in [0, 0.1) is 12.8 Å². The van der Waals surface area contributed by atoms with E-state index in [0.717, 1.165) is 17.5 Å². The molecule has 2 aromatic rings. The summed E-state index contributed by atoms with van der Waals surface area (Å²) < 4.78 is 5.13. The predicted molar refractivity (Wildman–Crippen MR) is 75.4 cm³/mol. The predicted octanol–water partition coefficient (Wildman–Crippen LogP) is 2.28. The van der Waals surface area contributed by atoms with Crippen molar-refractivity contribution in [2.75, 3.05) is 11.9 Å². The van der Waals surface area contributed by atoms with E-state index in [0.29, 0.717) is 17.4 Å². The molecule has 0 amide bonds. The fourth-order valence-electron chi connectivity index (χ4n) is 3.05. The summed E-state index contributed by atoms with van der Waals surface area (Å²) in [6, 6.07) is 0.0190. The third-order valence-corrected chi connectivity index (χ3v) is 4.10. The minimum atomic E-state index is 0.0190. The zero-order valence-corrected chi connectivity index (χ0v) is 11.7. The number of aromatic nitrogens is 3. The zero-order chi connectivity index (χ0) is 13.9. The third kappa shape index (κ3) is 2.60. The van der Waals surface area contributed by atoms with Crippen LogP contribution in [0.5, 0.6) is 0 Å². The highest BCUT2D eigenvalue weighted by molar-refractivity contribution is 5.87. The van der Waals surface area contributed by atoms with Crippen molar-refractivity contribution in [1.82, 2.24) is 15.1 Å². The molecule has 1 atom stereocenters. The van der Waals surface area contributed by atoms with Gasteiger partial charge in [0.15, 0.2) is 0 Å². The van der Waals surface area contributed by atoms with Gasteiger partial charge in [-0.25, -0.2) is 4.98 Å². The Bertz CT molecular complexity index is 578. The normalized spacial score (nSPS) is 17.7. The second kappa shape index (κ2) is 5.75. The van der Waals surface area contributed by atoms with Crippen molar-refractivity contribution in [2.45, 2.75) is 45.1 Å². The van der Waals surface area contributed by atoms with Gasteiger partial charge in [0.1, 0.15) is 17.5 Å². The highest BCUT2D eigenvalue weighted by Gasteiger charge is 2.21. The molecule has 108 valence electrons. The van der Waals surface area contributed by atoms with E-state index < -0.39 is 0 Å². The maximum Gasteiger partial charge on any atom is 0.263 e. The first-order valence-electron chi connectivity index (χ1n) is 7.22. The van der Waals surface area contributed by atoms with Gasteiger partial charge in [-0.3, -0.25) is 0 Å². The molecule has 0 saturated heterocycles. The second-order valence-corrected chi connectivity index (χ2v) is 5.58. The summed E-state index contributed by atoms with van der Waals surface area (Å²) in [6.45, 7) is 1.97. The zero-order valence-electron chi connectivity index (χ0n) is 11.7. The van der Waals surface area contributed by atoms with Crippen LogP contribution in [-0.4, -0.2) is 32.9 Å². The van der Waals surface area contributed by atoms with E-state index in [1.165, 1.54) is 32.0 Å². The van der Waals surface area contributed by atoms with Crippen LogP contribution >= 0.6 is 0 Å². The van der Waals surface area contributed by atoms with Crippen LogP contribution in [0.3, 0.4) is 0 Å². The molecule has 0 aliphatic heterocycles. The summed E-state index contributed by atoms with van der Waals surface area (Å²) in [6.07, 6.45) is 7.59. The Morgan fingerprint density at radius 2 is 2.20 bits per heavy atom. The van der Waals surface area contributed by atoms with E-state index in [2.05, 4.69) is 20.4 Å². The summed E-state index contributed by atoms with van der Waals surface area (Å²) in [5.74, 6) is 1.41. The minimum Gasteiger partial charge on any atom is -0.394 e. The van der Waals surface area contributed by atoms with E-state index in [9.17, 15) is 5.11 Å². The summed E-state index contributed by atoms with van der Waals surface area (Å²) in [5.41, 5.74) is 1.25. The number of aryl methyl sites for hydroxylation is 1. The lowest BCUT2D eigenvalue weighted by Crippen LogP contribution is -2.27. The number of nitrogens with one attached hydrogen (secondary N) is 1. The number of nitrogens with zero attached hydrogens (tertiary/aromatic N) is 3. The van der Waals surface area contributed by atoms with Crippen LogP contribution in [0.25, 0.3) is 11.1 Å². The van der Waals surface area contributed by atoms with Crippen LogP contribution in [0.15, 0.2) is 10.9 Å². The molecule has 0 aromatic carbocycles. The van der Waals surface area contributed by atoms with Crippen LogP contribution in [0.4, 0.5) is 5.82 Å². The molecule has 2 heterocycles. The minimum absolute atomic E-state index is 0.0190. The van der Waals surface area contributed by atoms with Gasteiger partial charge in [0, 0.05) is 0 Å². The van der Waals surface area contributed by atoms with Gasteiger partial charge in [-0.05, 0) is 19.3 Å². The highest BCUT2D eigenvalue weighted by Crippen LogP contribution is 2.30. The summed E-state index contributed by atoms with van der Waals surface area (Å²) >= 11 is 0. The van der Waals surface area contributed by atoms with Crippen molar-refractivity contribution in [1.29, 1.82) is 0 Å². The van der Waals surface area contributed by atoms with E-state index in [1.807, 2.05) is 6.92 Å². The van der Waals surface area contributed by atoms with Gasteiger partial charge in [0.05, 0.1) is 18.3 Å². The SMILES string of the molecule is Cc1noc2ncnc(NC(CO)CC3CCCC3)c12. The fraction of sp³-hybridized carbons (Fsp3) is 0.643. The van der Waals surface area contributed by atoms with Gasteiger partial charge >= 0.3 is 0 Å². The maximum absolute atomic E-state index is 9.59. The maximum atomic E-state index is 9.59. The van der Waals surface area contributed by atoms with E-state index in [4.69, 9.17) is 4.52 Å².